The van der Waals surface area contributed by atoms with Gasteiger partial charge in [-0.3, -0.25) is 4.79 Å². The maximum absolute atomic E-state index is 12.2. The maximum Gasteiger partial charge on any atom is 0.265 e. The Balaban J connectivity index is 1.96. The van der Waals surface area contributed by atoms with Crippen LogP contribution in [0.2, 0.25) is 0 Å². The predicted octanol–water partition coefficient (Wildman–Crippen LogP) is 4.70. The second kappa shape index (κ2) is 6.86. The summed E-state index contributed by atoms with van der Waals surface area (Å²) in [5.74, 6) is 0.537. The Labute approximate surface area is 138 Å². The van der Waals surface area contributed by atoms with E-state index in [1.165, 1.54) is 5.56 Å². The van der Waals surface area contributed by atoms with E-state index in [0.717, 1.165) is 11.3 Å². The molecule has 23 heavy (non-hydrogen) atoms. The van der Waals surface area contributed by atoms with Crippen molar-refractivity contribution in [3.05, 3.63) is 59.7 Å². The molecule has 0 aliphatic carbocycles. The van der Waals surface area contributed by atoms with Gasteiger partial charge in [0.2, 0.25) is 0 Å². The molecule has 0 spiro atoms. The average Bonchev–Trinajstić information content (AvgIpc) is 2.49. The molecule has 2 rings (SSSR count). The summed E-state index contributed by atoms with van der Waals surface area (Å²) in [5, 5.41) is 2.89. The van der Waals surface area contributed by atoms with Crippen LogP contribution in [-0.4, -0.2) is 12.0 Å². The van der Waals surface area contributed by atoms with E-state index in [1.807, 2.05) is 55.5 Å². The SMILES string of the molecule is Cc1ccc(OC(C)C(=O)Nc2ccc(C(C)(C)C)cc2)cc1. The number of nitrogens with one attached hydrogen (secondary N) is 1. The zero-order chi connectivity index (χ0) is 17.0. The number of anilines is 1. The van der Waals surface area contributed by atoms with Gasteiger partial charge in [0.25, 0.3) is 5.91 Å². The summed E-state index contributed by atoms with van der Waals surface area (Å²) >= 11 is 0. The summed E-state index contributed by atoms with van der Waals surface area (Å²) in [7, 11) is 0. The summed E-state index contributed by atoms with van der Waals surface area (Å²) in [4.78, 5) is 12.2. The molecule has 1 N–H and O–H groups in total. The van der Waals surface area contributed by atoms with Crippen molar-refractivity contribution >= 4 is 11.6 Å². The summed E-state index contributed by atoms with van der Waals surface area (Å²) in [6.07, 6.45) is -0.556. The van der Waals surface area contributed by atoms with E-state index in [1.54, 1.807) is 6.92 Å². The number of aryl methyl sites for hydroxylation is 1. The minimum Gasteiger partial charge on any atom is -0.481 e. The van der Waals surface area contributed by atoms with E-state index in [9.17, 15) is 4.79 Å². The van der Waals surface area contributed by atoms with Crippen molar-refractivity contribution in [2.24, 2.45) is 0 Å². The molecule has 0 heterocycles. The molecule has 0 saturated heterocycles. The smallest absolute Gasteiger partial charge is 0.265 e. The van der Waals surface area contributed by atoms with Crippen molar-refractivity contribution in [1.82, 2.24) is 0 Å². The molecule has 3 heteroatoms. The molecule has 0 radical (unpaired) electrons. The van der Waals surface area contributed by atoms with Gasteiger partial charge < -0.3 is 10.1 Å². The molecule has 3 nitrogen and oxygen atoms in total. The van der Waals surface area contributed by atoms with Crippen LogP contribution in [-0.2, 0) is 10.2 Å². The van der Waals surface area contributed by atoms with Gasteiger partial charge in [0.1, 0.15) is 5.75 Å². The first-order chi connectivity index (χ1) is 10.8. The Kier molecular flexibility index (Phi) is 5.09. The quantitative estimate of drug-likeness (QED) is 0.889. The zero-order valence-electron chi connectivity index (χ0n) is 14.5. The van der Waals surface area contributed by atoms with Crippen molar-refractivity contribution in [2.75, 3.05) is 5.32 Å². The van der Waals surface area contributed by atoms with Gasteiger partial charge in [-0.2, -0.15) is 0 Å². The Morgan fingerprint density at radius 1 is 1.00 bits per heavy atom. The van der Waals surface area contributed by atoms with Crippen LogP contribution >= 0.6 is 0 Å². The molecule has 0 aromatic heterocycles. The largest absolute Gasteiger partial charge is 0.481 e. The molecule has 1 atom stereocenters. The third-order valence-electron chi connectivity index (χ3n) is 3.72. The molecule has 122 valence electrons. The van der Waals surface area contributed by atoms with Gasteiger partial charge in [0.15, 0.2) is 6.10 Å². The van der Waals surface area contributed by atoms with E-state index in [0.29, 0.717) is 5.75 Å². The first-order valence-corrected chi connectivity index (χ1v) is 7.90. The normalized spacial score (nSPS) is 12.6. The third kappa shape index (κ3) is 4.85. The number of benzene rings is 2. The lowest BCUT2D eigenvalue weighted by Crippen LogP contribution is -2.30. The fourth-order valence-corrected chi connectivity index (χ4v) is 2.17. The van der Waals surface area contributed by atoms with E-state index < -0.39 is 6.10 Å². The molecule has 2 aromatic rings. The fraction of sp³-hybridized carbons (Fsp3) is 0.350. The molecular formula is C20H25NO2. The molecule has 1 unspecified atom stereocenters. The Morgan fingerprint density at radius 3 is 2.09 bits per heavy atom. The summed E-state index contributed by atoms with van der Waals surface area (Å²) in [5.41, 5.74) is 3.28. The van der Waals surface area contributed by atoms with Crippen LogP contribution < -0.4 is 10.1 Å². The van der Waals surface area contributed by atoms with Gasteiger partial charge >= 0.3 is 0 Å². The number of amides is 1. The number of carbonyl (C=O) groups excluding carboxylic acids is 1. The van der Waals surface area contributed by atoms with E-state index in [4.69, 9.17) is 4.74 Å². The number of carbonyl (C=O) groups is 1. The monoisotopic (exact) mass is 311 g/mol. The molecule has 0 aliphatic rings. The molecule has 0 saturated carbocycles. The minimum atomic E-state index is -0.556. The number of hydrogen-bond donors (Lipinski definition) is 1. The molecule has 0 bridgehead atoms. The van der Waals surface area contributed by atoms with Gasteiger partial charge in [-0.15, -0.1) is 0 Å². The highest BCUT2D eigenvalue weighted by molar-refractivity contribution is 5.94. The molecule has 0 fully saturated rings. The highest BCUT2D eigenvalue weighted by Gasteiger charge is 2.16. The van der Waals surface area contributed by atoms with E-state index >= 15 is 0 Å². The topological polar surface area (TPSA) is 38.3 Å². The van der Waals surface area contributed by atoms with Crippen LogP contribution in [0.1, 0.15) is 38.8 Å². The minimum absolute atomic E-state index is 0.102. The number of hydrogen-bond acceptors (Lipinski definition) is 2. The predicted molar refractivity (Wildman–Crippen MR) is 95.0 cm³/mol. The lowest BCUT2D eigenvalue weighted by atomic mass is 9.87. The van der Waals surface area contributed by atoms with Crippen molar-refractivity contribution in [3.8, 4) is 5.75 Å². The second-order valence-electron chi connectivity index (χ2n) is 6.89. The molecule has 0 aliphatic heterocycles. The Morgan fingerprint density at radius 2 is 1.57 bits per heavy atom. The van der Waals surface area contributed by atoms with E-state index in [2.05, 4.69) is 26.1 Å². The Bertz CT molecular complexity index is 652. The highest BCUT2D eigenvalue weighted by Crippen LogP contribution is 2.23. The average molecular weight is 311 g/mol. The van der Waals surface area contributed by atoms with E-state index in [-0.39, 0.29) is 11.3 Å². The van der Waals surface area contributed by atoms with Crippen LogP contribution in [0.15, 0.2) is 48.5 Å². The summed E-state index contributed by atoms with van der Waals surface area (Å²) < 4.78 is 5.67. The first-order valence-electron chi connectivity index (χ1n) is 7.90. The summed E-state index contributed by atoms with van der Waals surface area (Å²) in [6.45, 7) is 10.3. The van der Waals surface area contributed by atoms with Crippen molar-refractivity contribution in [2.45, 2.75) is 46.1 Å². The van der Waals surface area contributed by atoms with Crippen LogP contribution in [0.5, 0.6) is 5.75 Å². The Hall–Kier alpha value is -2.29. The zero-order valence-corrected chi connectivity index (χ0v) is 14.5. The van der Waals surface area contributed by atoms with Gasteiger partial charge in [0, 0.05) is 5.69 Å². The van der Waals surface area contributed by atoms with Crippen LogP contribution in [0.3, 0.4) is 0 Å². The van der Waals surface area contributed by atoms with Crippen molar-refractivity contribution in [1.29, 1.82) is 0 Å². The van der Waals surface area contributed by atoms with Crippen LogP contribution in [0.4, 0.5) is 5.69 Å². The van der Waals surface area contributed by atoms with Gasteiger partial charge in [-0.1, -0.05) is 50.6 Å². The number of ether oxygens (including phenoxy) is 1. The lowest BCUT2D eigenvalue weighted by molar-refractivity contribution is -0.122. The maximum atomic E-state index is 12.2. The van der Waals surface area contributed by atoms with Crippen LogP contribution in [0, 0.1) is 6.92 Å². The molecule has 2 aromatic carbocycles. The number of rotatable bonds is 4. The third-order valence-corrected chi connectivity index (χ3v) is 3.72. The van der Waals surface area contributed by atoms with Gasteiger partial charge in [0.05, 0.1) is 0 Å². The van der Waals surface area contributed by atoms with Gasteiger partial charge in [-0.25, -0.2) is 0 Å². The highest BCUT2D eigenvalue weighted by atomic mass is 16.5. The van der Waals surface area contributed by atoms with Gasteiger partial charge in [-0.05, 0) is 49.1 Å². The standard InChI is InChI=1S/C20H25NO2/c1-14-6-12-18(13-7-14)23-15(2)19(22)21-17-10-8-16(9-11-17)20(3,4)5/h6-13,15H,1-5H3,(H,21,22). The lowest BCUT2D eigenvalue weighted by Gasteiger charge is -2.19. The molecular weight excluding hydrogens is 286 g/mol. The summed E-state index contributed by atoms with van der Waals surface area (Å²) in [6, 6.07) is 15.6. The molecule has 1 amide bonds. The van der Waals surface area contributed by atoms with Crippen molar-refractivity contribution in [3.63, 3.8) is 0 Å². The second-order valence-corrected chi connectivity index (χ2v) is 6.89. The fourth-order valence-electron chi connectivity index (χ4n) is 2.17. The first kappa shape index (κ1) is 17.1. The van der Waals surface area contributed by atoms with Crippen molar-refractivity contribution < 1.29 is 9.53 Å². The van der Waals surface area contributed by atoms with Crippen LogP contribution in [0.25, 0.3) is 0 Å².